The number of nitrogens with one attached hydrogen (secondary N) is 4. The second-order valence-electron chi connectivity index (χ2n) is 17.3. The second kappa shape index (κ2) is 15.4. The topological polar surface area (TPSA) is 174 Å². The van der Waals surface area contributed by atoms with Crippen molar-refractivity contribution in [2.45, 2.75) is 118 Å². The number of terminal acetylenes is 1. The molecule has 14 heteroatoms. The molecule has 1 aliphatic heterocycles. The van der Waals surface area contributed by atoms with Crippen molar-refractivity contribution >= 4 is 39.6 Å². The molecule has 282 valence electrons. The molecule has 0 aromatic carbocycles. The molecule has 50 heavy (non-hydrogen) atoms. The van der Waals surface area contributed by atoms with Gasteiger partial charge in [-0.1, -0.05) is 61.5 Å². The summed E-state index contributed by atoms with van der Waals surface area (Å²) < 4.78 is 26.4. The third-order valence-electron chi connectivity index (χ3n) is 9.96. The zero-order valence-electron chi connectivity index (χ0n) is 32.0. The van der Waals surface area contributed by atoms with E-state index < -0.39 is 79.3 Å². The number of ketones is 1. The van der Waals surface area contributed by atoms with E-state index in [-0.39, 0.29) is 49.7 Å². The van der Waals surface area contributed by atoms with Crippen LogP contribution >= 0.6 is 0 Å². The number of urea groups is 1. The number of fused-ring (bicyclic) bond motifs is 1. The molecular weight excluding hydrogens is 660 g/mol. The Morgan fingerprint density at radius 2 is 1.58 bits per heavy atom. The molecular formula is C36H60N6O7S. The zero-order chi connectivity index (χ0) is 38.8. The van der Waals surface area contributed by atoms with Crippen molar-refractivity contribution in [2.24, 2.45) is 28.1 Å². The quantitative estimate of drug-likeness (QED) is 0.121. The number of hydrogen-bond acceptors (Lipinski definition) is 7. The molecule has 13 nitrogen and oxygen atoms in total. The Morgan fingerprint density at radius 3 is 2.06 bits per heavy atom. The Labute approximate surface area is 299 Å². The fraction of sp³-hybridized carbons (Fsp3) is 0.750. The van der Waals surface area contributed by atoms with E-state index in [0.717, 1.165) is 0 Å². The summed E-state index contributed by atoms with van der Waals surface area (Å²) in [6.07, 6.45) is 7.03. The van der Waals surface area contributed by atoms with Crippen LogP contribution in [-0.2, 0) is 29.2 Å². The normalized spacial score (nSPS) is 21.9. The first kappa shape index (κ1) is 42.7. The maximum atomic E-state index is 14.4. The summed E-state index contributed by atoms with van der Waals surface area (Å²) in [6.45, 7) is 23.8. The van der Waals surface area contributed by atoms with E-state index in [1.165, 1.54) is 22.3 Å². The summed E-state index contributed by atoms with van der Waals surface area (Å²) in [4.78, 5) is 69.0. The maximum Gasteiger partial charge on any atom is 0.315 e. The van der Waals surface area contributed by atoms with Crippen LogP contribution < -0.4 is 21.3 Å². The molecule has 1 aliphatic carbocycles. The first-order chi connectivity index (χ1) is 22.6. The molecule has 5 amide bonds. The van der Waals surface area contributed by atoms with Crippen molar-refractivity contribution in [3.05, 3.63) is 12.7 Å². The molecule has 2 aliphatic rings. The number of likely N-dealkylation sites (tertiary alicyclic amines) is 1. The first-order valence-electron chi connectivity index (χ1n) is 17.1. The SMILES string of the molecule is C#CCCC(NC(=O)[C@@H]1[C@@H]2[C@H](CN1C(=O)[C@@H](NC(=O)N[C@H](CN(C)S(=O)(=O)C(C)(C)C)C(C)(C)C)C(C)(C)C)C2(C)C)C(=O)C(=O)NCC=C. The van der Waals surface area contributed by atoms with Gasteiger partial charge in [0.1, 0.15) is 12.1 Å². The summed E-state index contributed by atoms with van der Waals surface area (Å²) in [5, 5.41) is 10.9. The van der Waals surface area contributed by atoms with Crippen molar-refractivity contribution in [3.63, 3.8) is 0 Å². The summed E-state index contributed by atoms with van der Waals surface area (Å²) in [5.74, 6) is -0.524. The molecule has 0 spiro atoms. The highest BCUT2D eigenvalue weighted by atomic mass is 32.2. The van der Waals surface area contributed by atoms with E-state index in [2.05, 4.69) is 33.8 Å². The van der Waals surface area contributed by atoms with Crippen LogP contribution in [0.4, 0.5) is 4.79 Å². The van der Waals surface area contributed by atoms with Gasteiger partial charge in [0.25, 0.3) is 5.91 Å². The van der Waals surface area contributed by atoms with Gasteiger partial charge in [0.05, 0.1) is 10.8 Å². The first-order valence-corrected chi connectivity index (χ1v) is 18.6. The smallest absolute Gasteiger partial charge is 0.315 e. The number of carbonyl (C=O) groups excluding carboxylic acids is 5. The van der Waals surface area contributed by atoms with E-state index in [1.54, 1.807) is 41.5 Å². The minimum atomic E-state index is -3.69. The number of amides is 5. The van der Waals surface area contributed by atoms with E-state index in [0.29, 0.717) is 0 Å². The van der Waals surface area contributed by atoms with Crippen LogP contribution in [0.25, 0.3) is 0 Å². The fourth-order valence-electron chi connectivity index (χ4n) is 6.48. The molecule has 0 bridgehead atoms. The third-order valence-corrected chi connectivity index (χ3v) is 12.5. The molecule has 6 atom stereocenters. The number of carbonyl (C=O) groups is 5. The molecule has 1 unspecified atom stereocenters. The predicted octanol–water partition coefficient (Wildman–Crippen LogP) is 2.43. The molecule has 1 heterocycles. The molecule has 2 fully saturated rings. The Hall–Kier alpha value is -3.44. The summed E-state index contributed by atoms with van der Waals surface area (Å²) in [5.41, 5.74) is -1.60. The van der Waals surface area contributed by atoms with Crippen molar-refractivity contribution in [1.29, 1.82) is 0 Å². The highest BCUT2D eigenvalue weighted by Gasteiger charge is 2.70. The predicted molar refractivity (Wildman–Crippen MR) is 194 cm³/mol. The lowest BCUT2D eigenvalue weighted by Gasteiger charge is -2.39. The highest BCUT2D eigenvalue weighted by Crippen LogP contribution is 2.65. The lowest BCUT2D eigenvalue weighted by atomic mass is 9.85. The number of piperidine rings is 1. The summed E-state index contributed by atoms with van der Waals surface area (Å²) >= 11 is 0. The van der Waals surface area contributed by atoms with Crippen LogP contribution in [0.2, 0.25) is 0 Å². The van der Waals surface area contributed by atoms with Crippen LogP contribution in [0.3, 0.4) is 0 Å². The van der Waals surface area contributed by atoms with Crippen LogP contribution in [0.1, 0.15) is 89.0 Å². The minimum absolute atomic E-state index is 0.00262. The van der Waals surface area contributed by atoms with E-state index in [4.69, 9.17) is 6.42 Å². The van der Waals surface area contributed by atoms with Crippen molar-refractivity contribution < 1.29 is 32.4 Å². The zero-order valence-corrected chi connectivity index (χ0v) is 32.8. The minimum Gasteiger partial charge on any atom is -0.346 e. The van der Waals surface area contributed by atoms with Gasteiger partial charge >= 0.3 is 6.03 Å². The average Bonchev–Trinajstić information content (AvgIpc) is 3.29. The standard InChI is InChI=1S/C36H60N6O7S/c1-15-17-18-23(27(43)30(45)37-19-16-2)38-29(44)26-25-22(36(25,12)13)20-42(26)31(46)28(34(6,7)8)40-32(47)39-24(33(3,4)5)21-41(14)50(48,49)35(9,10)11/h1,16,22-26,28H,2,17-21H2,3-14H3,(H,37,45)(H,38,44)(H2,39,40,47)/t22-,23?,24+,25-,26-,28+/m0/s1. The van der Waals surface area contributed by atoms with E-state index >= 15 is 0 Å². The molecule has 1 saturated carbocycles. The van der Waals surface area contributed by atoms with Gasteiger partial charge < -0.3 is 26.2 Å². The number of nitrogens with zero attached hydrogens (tertiary/aromatic N) is 2. The Bertz CT molecular complexity index is 1480. The Balaban J connectivity index is 2.36. The van der Waals surface area contributed by atoms with Gasteiger partial charge in [-0.2, -0.15) is 0 Å². The van der Waals surface area contributed by atoms with Crippen molar-refractivity contribution in [2.75, 3.05) is 26.7 Å². The van der Waals surface area contributed by atoms with Gasteiger partial charge in [0.2, 0.25) is 27.6 Å². The van der Waals surface area contributed by atoms with Gasteiger partial charge in [0, 0.05) is 39.1 Å². The van der Waals surface area contributed by atoms with Crippen molar-refractivity contribution in [3.8, 4) is 12.3 Å². The summed E-state index contributed by atoms with van der Waals surface area (Å²) in [6, 6.07) is -4.50. The van der Waals surface area contributed by atoms with Gasteiger partial charge in [-0.25, -0.2) is 17.5 Å². The largest absolute Gasteiger partial charge is 0.346 e. The van der Waals surface area contributed by atoms with Crippen LogP contribution in [-0.4, -0.2) is 103 Å². The van der Waals surface area contributed by atoms with Gasteiger partial charge in [-0.3, -0.25) is 19.2 Å². The number of hydrogen-bond donors (Lipinski definition) is 4. The number of Topliss-reactive ketones (excluding diaryl/α,β-unsaturated/α-hetero) is 1. The van der Waals surface area contributed by atoms with Gasteiger partial charge in [-0.15, -0.1) is 18.9 Å². The monoisotopic (exact) mass is 720 g/mol. The van der Waals surface area contributed by atoms with E-state index in [9.17, 15) is 32.4 Å². The number of rotatable bonds is 14. The van der Waals surface area contributed by atoms with Gasteiger partial charge in [0.15, 0.2) is 0 Å². The average molecular weight is 721 g/mol. The summed E-state index contributed by atoms with van der Waals surface area (Å²) in [7, 11) is -2.21. The van der Waals surface area contributed by atoms with Gasteiger partial charge in [-0.05, 0) is 55.3 Å². The molecule has 4 N–H and O–H groups in total. The lowest BCUT2D eigenvalue weighted by Crippen LogP contribution is -2.63. The molecule has 0 aromatic rings. The molecule has 2 rings (SSSR count). The third kappa shape index (κ3) is 9.66. The van der Waals surface area contributed by atoms with Crippen LogP contribution in [0.15, 0.2) is 12.7 Å². The van der Waals surface area contributed by atoms with Crippen LogP contribution in [0, 0.1) is 40.4 Å². The maximum absolute atomic E-state index is 14.4. The molecule has 0 radical (unpaired) electrons. The second-order valence-corrected chi connectivity index (χ2v) is 20.1. The van der Waals surface area contributed by atoms with Crippen molar-refractivity contribution in [1.82, 2.24) is 30.5 Å². The lowest BCUT2D eigenvalue weighted by molar-refractivity contribution is -0.145. The number of sulfonamides is 1. The number of likely N-dealkylation sites (N-methyl/N-ethyl adjacent to an activating group) is 1. The molecule has 1 saturated heterocycles. The fourth-order valence-corrected chi connectivity index (χ4v) is 7.76. The Morgan fingerprint density at radius 1 is 1.00 bits per heavy atom. The van der Waals surface area contributed by atoms with E-state index in [1.807, 2.05) is 34.6 Å². The highest BCUT2D eigenvalue weighted by molar-refractivity contribution is 7.90. The molecule has 0 aromatic heterocycles. The van der Waals surface area contributed by atoms with Crippen LogP contribution in [0.5, 0.6) is 0 Å². The Kier molecular flexibility index (Phi) is 13.2.